The van der Waals surface area contributed by atoms with Gasteiger partial charge in [-0.2, -0.15) is 0 Å². The minimum Gasteiger partial charge on any atom is -0.310 e. The topological polar surface area (TPSA) is 9.86 Å². The van der Waals surface area contributed by atoms with E-state index in [0.717, 1.165) is 12.1 Å². The Hall–Kier alpha value is -7.94. The van der Waals surface area contributed by atoms with Gasteiger partial charge < -0.3 is 9.13 Å². The molecule has 64 heavy (non-hydrogen) atoms. The summed E-state index contributed by atoms with van der Waals surface area (Å²) >= 11 is 0. The fourth-order valence-electron chi connectivity index (χ4n) is 11.3. The first-order valence-electron chi connectivity index (χ1n) is 22.6. The van der Waals surface area contributed by atoms with E-state index in [4.69, 9.17) is 0 Å². The number of hydrogen-bond acceptors (Lipinski definition) is 0. The quantitative estimate of drug-likeness (QED) is 0.158. The maximum atomic E-state index is 2.44. The van der Waals surface area contributed by atoms with Crippen molar-refractivity contribution in [1.29, 1.82) is 0 Å². The van der Waals surface area contributed by atoms with Crippen LogP contribution in [0.25, 0.3) is 83.5 Å². The second-order valence-electron chi connectivity index (χ2n) is 17.7. The molecule has 1 atom stereocenters. The van der Waals surface area contributed by atoms with Crippen LogP contribution in [0.15, 0.2) is 224 Å². The Labute approximate surface area is 373 Å². The van der Waals surface area contributed by atoms with Crippen LogP contribution in [0, 0.1) is 5.92 Å². The molecule has 0 radical (unpaired) electrons. The summed E-state index contributed by atoms with van der Waals surface area (Å²) in [4.78, 5) is 0. The zero-order valence-corrected chi connectivity index (χ0v) is 35.6. The second kappa shape index (κ2) is 14.3. The molecule has 0 amide bonds. The van der Waals surface area contributed by atoms with Crippen molar-refractivity contribution in [3.8, 4) is 44.8 Å². The van der Waals surface area contributed by atoms with Crippen molar-refractivity contribution in [3.63, 3.8) is 0 Å². The SMILES string of the molecule is CC1C=Cc2c(c3ccccc3n2-c2ccc(-c3ccc(C4(c5ccc(-c6ccc(-n7c8ccccc8c8ccccc87)cc6)cc5)c5ccccc5-c5ccccc54)cc3)cc2)C1. The van der Waals surface area contributed by atoms with Crippen LogP contribution in [0.3, 0.4) is 0 Å². The van der Waals surface area contributed by atoms with E-state index in [1.807, 2.05) is 0 Å². The molecule has 2 nitrogen and oxygen atoms in total. The van der Waals surface area contributed by atoms with Gasteiger partial charge in [0.1, 0.15) is 0 Å². The largest absolute Gasteiger partial charge is 0.310 e. The molecule has 2 heterocycles. The zero-order valence-electron chi connectivity index (χ0n) is 35.6. The average Bonchev–Trinajstić information content (AvgIpc) is 3.99. The molecule has 0 bridgehead atoms. The molecule has 0 saturated carbocycles. The van der Waals surface area contributed by atoms with E-state index >= 15 is 0 Å². The van der Waals surface area contributed by atoms with E-state index in [2.05, 4.69) is 247 Å². The monoisotopic (exact) mass is 816 g/mol. The van der Waals surface area contributed by atoms with Gasteiger partial charge in [-0.3, -0.25) is 0 Å². The summed E-state index contributed by atoms with van der Waals surface area (Å²) < 4.78 is 4.82. The molecule has 302 valence electrons. The summed E-state index contributed by atoms with van der Waals surface area (Å²) in [5.74, 6) is 0.546. The minimum atomic E-state index is -0.478. The molecule has 2 aromatic heterocycles. The fraction of sp³-hybridized carbons (Fsp3) is 0.0645. The fourth-order valence-corrected chi connectivity index (χ4v) is 11.3. The Balaban J connectivity index is 0.871. The normalized spacial score (nSPS) is 14.8. The Morgan fingerprint density at radius 2 is 0.781 bits per heavy atom. The van der Waals surface area contributed by atoms with E-state index in [0.29, 0.717) is 5.92 Å². The molecule has 9 aromatic carbocycles. The van der Waals surface area contributed by atoms with Gasteiger partial charge in [-0.05, 0) is 122 Å². The van der Waals surface area contributed by atoms with Crippen LogP contribution in [0.1, 0.15) is 40.4 Å². The molecule has 11 aromatic rings. The van der Waals surface area contributed by atoms with Crippen molar-refractivity contribution in [2.45, 2.75) is 18.8 Å². The molecule has 1 unspecified atom stereocenters. The third-order valence-electron chi connectivity index (χ3n) is 14.2. The number of para-hydroxylation sites is 3. The number of hydrogen-bond donors (Lipinski definition) is 0. The van der Waals surface area contributed by atoms with E-state index in [9.17, 15) is 0 Å². The van der Waals surface area contributed by atoms with Crippen LogP contribution in [-0.4, -0.2) is 9.13 Å². The molecule has 0 saturated heterocycles. The molecule has 0 spiro atoms. The lowest BCUT2D eigenvalue weighted by molar-refractivity contribution is 0.718. The van der Waals surface area contributed by atoms with Crippen molar-refractivity contribution in [3.05, 3.63) is 258 Å². The maximum absolute atomic E-state index is 2.44. The number of fused-ring (bicyclic) bond motifs is 9. The first kappa shape index (κ1) is 36.7. The summed E-state index contributed by atoms with van der Waals surface area (Å²) in [5.41, 5.74) is 20.9. The lowest BCUT2D eigenvalue weighted by Gasteiger charge is -2.34. The average molecular weight is 817 g/mol. The highest BCUT2D eigenvalue weighted by Gasteiger charge is 2.45. The zero-order chi connectivity index (χ0) is 42.4. The van der Waals surface area contributed by atoms with Crippen LogP contribution in [0.4, 0.5) is 0 Å². The lowest BCUT2D eigenvalue weighted by Crippen LogP contribution is -2.28. The van der Waals surface area contributed by atoms with Gasteiger partial charge in [0.2, 0.25) is 0 Å². The summed E-state index contributed by atoms with van der Waals surface area (Å²) in [6, 6.07) is 81.2. The molecule has 13 rings (SSSR count). The smallest absolute Gasteiger partial charge is 0.0713 e. The number of nitrogens with zero attached hydrogens (tertiary/aromatic N) is 2. The lowest BCUT2D eigenvalue weighted by atomic mass is 9.67. The maximum Gasteiger partial charge on any atom is 0.0713 e. The predicted octanol–water partition coefficient (Wildman–Crippen LogP) is 15.6. The number of rotatable bonds is 6. The highest BCUT2D eigenvalue weighted by atomic mass is 15.0. The minimum absolute atomic E-state index is 0.478. The van der Waals surface area contributed by atoms with Crippen LogP contribution >= 0.6 is 0 Å². The Bertz CT molecular complexity index is 3520. The van der Waals surface area contributed by atoms with Gasteiger partial charge in [-0.15, -0.1) is 0 Å². The summed E-state index contributed by atoms with van der Waals surface area (Å²) in [7, 11) is 0. The molecule has 2 aliphatic carbocycles. The Morgan fingerprint density at radius 3 is 1.28 bits per heavy atom. The third-order valence-corrected chi connectivity index (χ3v) is 14.2. The Kier molecular flexibility index (Phi) is 8.20. The van der Waals surface area contributed by atoms with Crippen molar-refractivity contribution < 1.29 is 0 Å². The van der Waals surface area contributed by atoms with Crippen LogP contribution in [0.5, 0.6) is 0 Å². The van der Waals surface area contributed by atoms with Crippen molar-refractivity contribution in [2.24, 2.45) is 5.92 Å². The van der Waals surface area contributed by atoms with Crippen molar-refractivity contribution >= 4 is 38.8 Å². The number of benzene rings is 9. The second-order valence-corrected chi connectivity index (χ2v) is 17.7. The molecule has 0 N–H and O–H groups in total. The first-order valence-corrected chi connectivity index (χ1v) is 22.6. The van der Waals surface area contributed by atoms with Crippen LogP contribution < -0.4 is 0 Å². The van der Waals surface area contributed by atoms with E-state index in [1.165, 1.54) is 105 Å². The van der Waals surface area contributed by atoms with Gasteiger partial charge in [-0.25, -0.2) is 0 Å². The highest BCUT2D eigenvalue weighted by Crippen LogP contribution is 2.56. The summed E-state index contributed by atoms with van der Waals surface area (Å²) in [6.45, 7) is 2.31. The van der Waals surface area contributed by atoms with Crippen LogP contribution in [0.2, 0.25) is 0 Å². The predicted molar refractivity (Wildman–Crippen MR) is 268 cm³/mol. The van der Waals surface area contributed by atoms with E-state index < -0.39 is 5.41 Å². The third kappa shape index (κ3) is 5.39. The summed E-state index contributed by atoms with van der Waals surface area (Å²) in [5, 5.41) is 3.91. The van der Waals surface area contributed by atoms with Gasteiger partial charge >= 0.3 is 0 Å². The van der Waals surface area contributed by atoms with Crippen LogP contribution in [-0.2, 0) is 11.8 Å². The van der Waals surface area contributed by atoms with Gasteiger partial charge in [0, 0.05) is 33.2 Å². The Morgan fingerprint density at radius 1 is 0.391 bits per heavy atom. The number of allylic oxidation sites excluding steroid dienone is 1. The van der Waals surface area contributed by atoms with Gasteiger partial charge in [0.25, 0.3) is 0 Å². The first-order chi connectivity index (χ1) is 31.6. The van der Waals surface area contributed by atoms with E-state index in [1.54, 1.807) is 0 Å². The summed E-state index contributed by atoms with van der Waals surface area (Å²) in [6.07, 6.45) is 5.75. The molecule has 2 aliphatic rings. The molecular weight excluding hydrogens is 773 g/mol. The van der Waals surface area contributed by atoms with Gasteiger partial charge in [-0.1, -0.05) is 189 Å². The standard InChI is InChI=1S/C62H44N2/c1-41-22-39-61-55(40-41)54-16-6-11-21-60(54)64(61)49-37-29-45(30-38-49)43-25-33-47(34-26-43)62(56-17-7-2-12-50(56)51-13-3-8-18-57(51)62)46-31-23-42(24-32-46)44-27-35-48(36-28-44)63-58-19-9-4-14-52(58)53-15-5-10-20-59(53)63/h2-39,41H,40H2,1H3. The van der Waals surface area contributed by atoms with Gasteiger partial charge in [0.15, 0.2) is 0 Å². The van der Waals surface area contributed by atoms with Crippen molar-refractivity contribution in [2.75, 3.05) is 0 Å². The molecule has 0 fully saturated rings. The van der Waals surface area contributed by atoms with E-state index in [-0.39, 0.29) is 0 Å². The van der Waals surface area contributed by atoms with Gasteiger partial charge in [0.05, 0.1) is 22.0 Å². The molecule has 0 aliphatic heterocycles. The number of aromatic nitrogens is 2. The highest BCUT2D eigenvalue weighted by molar-refractivity contribution is 6.09. The van der Waals surface area contributed by atoms with Crippen molar-refractivity contribution in [1.82, 2.24) is 9.13 Å². The molecular formula is C62H44N2. The molecule has 2 heteroatoms.